The number of pyridine rings is 1. The third kappa shape index (κ3) is 3.35. The zero-order valence-electron chi connectivity index (χ0n) is 12.3. The fraction of sp³-hybridized carbons (Fsp3) is 0.625. The molecule has 0 radical (unpaired) electrons. The SMILES string of the molecule is O=C(COc1ccnc2c1CCCC2)N1CCC(O)CC1. The summed E-state index contributed by atoms with van der Waals surface area (Å²) in [6.07, 6.45) is 7.16. The molecule has 2 aliphatic rings. The summed E-state index contributed by atoms with van der Waals surface area (Å²) < 4.78 is 5.75. The number of piperidine rings is 1. The Hall–Kier alpha value is -1.62. The van der Waals surface area contributed by atoms with Gasteiger partial charge >= 0.3 is 0 Å². The van der Waals surface area contributed by atoms with Crippen molar-refractivity contribution in [1.82, 2.24) is 9.88 Å². The molecular formula is C16H22N2O3. The molecule has 1 aliphatic heterocycles. The first-order valence-corrected chi connectivity index (χ1v) is 7.79. The molecule has 1 amide bonds. The maximum Gasteiger partial charge on any atom is 0.260 e. The second-order valence-corrected chi connectivity index (χ2v) is 5.84. The van der Waals surface area contributed by atoms with Crippen LogP contribution in [-0.2, 0) is 17.6 Å². The molecule has 1 saturated heterocycles. The summed E-state index contributed by atoms with van der Waals surface area (Å²) in [5.74, 6) is 0.813. The van der Waals surface area contributed by atoms with E-state index in [1.54, 1.807) is 11.1 Å². The predicted molar refractivity (Wildman–Crippen MR) is 78.2 cm³/mol. The Kier molecular flexibility index (Phi) is 4.39. The molecule has 1 aliphatic carbocycles. The van der Waals surface area contributed by atoms with Crippen molar-refractivity contribution in [3.8, 4) is 5.75 Å². The molecule has 3 rings (SSSR count). The number of aryl methyl sites for hydroxylation is 1. The van der Waals surface area contributed by atoms with E-state index in [1.165, 1.54) is 12.0 Å². The summed E-state index contributed by atoms with van der Waals surface area (Å²) in [6.45, 7) is 1.32. The second-order valence-electron chi connectivity index (χ2n) is 5.84. The van der Waals surface area contributed by atoms with Crippen LogP contribution in [0.2, 0.25) is 0 Å². The highest BCUT2D eigenvalue weighted by Gasteiger charge is 2.22. The molecule has 0 bridgehead atoms. The van der Waals surface area contributed by atoms with E-state index < -0.39 is 0 Å². The van der Waals surface area contributed by atoms with Crippen LogP contribution in [0.5, 0.6) is 5.75 Å². The first-order valence-electron chi connectivity index (χ1n) is 7.79. The van der Waals surface area contributed by atoms with Crippen LogP contribution in [0, 0.1) is 0 Å². The normalized spacial score (nSPS) is 19.2. The molecule has 5 nitrogen and oxygen atoms in total. The van der Waals surface area contributed by atoms with Gasteiger partial charge in [0, 0.05) is 30.5 Å². The first kappa shape index (κ1) is 14.3. The van der Waals surface area contributed by atoms with Crippen molar-refractivity contribution in [2.75, 3.05) is 19.7 Å². The molecule has 1 fully saturated rings. The van der Waals surface area contributed by atoms with E-state index in [4.69, 9.17) is 4.74 Å². The average molecular weight is 290 g/mol. The van der Waals surface area contributed by atoms with Crippen molar-refractivity contribution in [2.45, 2.75) is 44.6 Å². The lowest BCUT2D eigenvalue weighted by Crippen LogP contribution is -2.42. The lowest BCUT2D eigenvalue weighted by atomic mass is 9.95. The van der Waals surface area contributed by atoms with Gasteiger partial charge in [-0.15, -0.1) is 0 Å². The van der Waals surface area contributed by atoms with E-state index in [2.05, 4.69) is 4.98 Å². The Morgan fingerprint density at radius 2 is 2.10 bits per heavy atom. The lowest BCUT2D eigenvalue weighted by molar-refractivity contribution is -0.135. The van der Waals surface area contributed by atoms with Crippen molar-refractivity contribution in [1.29, 1.82) is 0 Å². The van der Waals surface area contributed by atoms with E-state index >= 15 is 0 Å². The standard InChI is InChI=1S/C16H22N2O3/c19-12-6-9-18(10-7-12)16(20)11-21-15-5-8-17-14-4-2-1-3-13(14)15/h5,8,12,19H,1-4,6-7,9-11H2. The molecule has 114 valence electrons. The number of aliphatic hydroxyl groups is 1. The van der Waals surface area contributed by atoms with Crippen LogP contribution < -0.4 is 4.74 Å². The zero-order valence-corrected chi connectivity index (χ0v) is 12.3. The number of nitrogens with zero attached hydrogens (tertiary/aromatic N) is 2. The van der Waals surface area contributed by atoms with Gasteiger partial charge in [0.25, 0.3) is 5.91 Å². The van der Waals surface area contributed by atoms with Crippen LogP contribution >= 0.6 is 0 Å². The molecule has 0 spiro atoms. The number of aliphatic hydroxyl groups excluding tert-OH is 1. The Bertz CT molecular complexity index is 510. The van der Waals surface area contributed by atoms with Gasteiger partial charge in [-0.3, -0.25) is 9.78 Å². The number of rotatable bonds is 3. The van der Waals surface area contributed by atoms with Gasteiger partial charge in [-0.25, -0.2) is 0 Å². The van der Waals surface area contributed by atoms with E-state index in [0.717, 1.165) is 30.7 Å². The number of carbonyl (C=O) groups excluding carboxylic acids is 1. The van der Waals surface area contributed by atoms with Crippen LogP contribution in [0.15, 0.2) is 12.3 Å². The highest BCUT2D eigenvalue weighted by molar-refractivity contribution is 5.77. The molecule has 1 aromatic heterocycles. The van der Waals surface area contributed by atoms with Crippen LogP contribution in [-0.4, -0.2) is 46.7 Å². The minimum absolute atomic E-state index is 0.00303. The van der Waals surface area contributed by atoms with Gasteiger partial charge in [0.2, 0.25) is 0 Å². The Balaban J connectivity index is 1.59. The number of likely N-dealkylation sites (tertiary alicyclic amines) is 1. The lowest BCUT2D eigenvalue weighted by Gasteiger charge is -2.29. The molecule has 1 N–H and O–H groups in total. The summed E-state index contributed by atoms with van der Waals surface area (Å²) >= 11 is 0. The highest BCUT2D eigenvalue weighted by Crippen LogP contribution is 2.27. The van der Waals surface area contributed by atoms with Gasteiger partial charge in [-0.05, 0) is 44.6 Å². The third-order valence-electron chi connectivity index (χ3n) is 4.36. The van der Waals surface area contributed by atoms with Crippen molar-refractivity contribution in [3.05, 3.63) is 23.5 Å². The maximum absolute atomic E-state index is 12.1. The van der Waals surface area contributed by atoms with Crippen LogP contribution in [0.25, 0.3) is 0 Å². The van der Waals surface area contributed by atoms with E-state index in [0.29, 0.717) is 25.9 Å². The van der Waals surface area contributed by atoms with Crippen molar-refractivity contribution >= 4 is 5.91 Å². The van der Waals surface area contributed by atoms with E-state index in [9.17, 15) is 9.90 Å². The average Bonchev–Trinajstić information content (AvgIpc) is 2.53. The highest BCUT2D eigenvalue weighted by atomic mass is 16.5. The molecule has 0 atom stereocenters. The number of ether oxygens (including phenoxy) is 1. The molecular weight excluding hydrogens is 268 g/mol. The number of hydrogen-bond acceptors (Lipinski definition) is 4. The van der Waals surface area contributed by atoms with Crippen LogP contribution in [0.3, 0.4) is 0 Å². The maximum atomic E-state index is 12.1. The number of hydrogen-bond donors (Lipinski definition) is 1. The summed E-state index contributed by atoms with van der Waals surface area (Å²) in [7, 11) is 0. The Labute approximate surface area is 124 Å². The van der Waals surface area contributed by atoms with Gasteiger partial charge in [-0.2, -0.15) is 0 Å². The topological polar surface area (TPSA) is 62.7 Å². The zero-order chi connectivity index (χ0) is 14.7. The number of carbonyl (C=O) groups is 1. The summed E-state index contributed by atoms with van der Waals surface area (Å²) in [4.78, 5) is 18.3. The van der Waals surface area contributed by atoms with E-state index in [1.807, 2.05) is 6.07 Å². The predicted octanol–water partition coefficient (Wildman–Crippen LogP) is 1.32. The summed E-state index contributed by atoms with van der Waals surface area (Å²) in [5.41, 5.74) is 2.29. The van der Waals surface area contributed by atoms with Crippen LogP contribution in [0.1, 0.15) is 36.9 Å². The summed E-state index contributed by atoms with van der Waals surface area (Å²) in [6, 6.07) is 1.86. The fourth-order valence-electron chi connectivity index (χ4n) is 3.07. The Morgan fingerprint density at radius 3 is 2.90 bits per heavy atom. The van der Waals surface area contributed by atoms with Crippen molar-refractivity contribution in [2.24, 2.45) is 0 Å². The first-order chi connectivity index (χ1) is 10.2. The largest absolute Gasteiger partial charge is 0.483 e. The molecule has 0 aromatic carbocycles. The summed E-state index contributed by atoms with van der Waals surface area (Å²) in [5, 5.41) is 9.47. The van der Waals surface area contributed by atoms with Gasteiger partial charge < -0.3 is 14.7 Å². The smallest absolute Gasteiger partial charge is 0.260 e. The number of fused-ring (bicyclic) bond motifs is 1. The van der Waals surface area contributed by atoms with Gasteiger partial charge in [-0.1, -0.05) is 0 Å². The fourth-order valence-corrected chi connectivity index (χ4v) is 3.07. The van der Waals surface area contributed by atoms with Crippen molar-refractivity contribution in [3.63, 3.8) is 0 Å². The molecule has 2 heterocycles. The molecule has 1 aromatic rings. The van der Waals surface area contributed by atoms with E-state index in [-0.39, 0.29) is 18.6 Å². The van der Waals surface area contributed by atoms with Crippen LogP contribution in [0.4, 0.5) is 0 Å². The molecule has 0 saturated carbocycles. The minimum atomic E-state index is -0.262. The monoisotopic (exact) mass is 290 g/mol. The number of aromatic nitrogens is 1. The quantitative estimate of drug-likeness (QED) is 0.912. The van der Waals surface area contributed by atoms with Crippen molar-refractivity contribution < 1.29 is 14.6 Å². The molecule has 0 unspecified atom stereocenters. The molecule has 5 heteroatoms. The van der Waals surface area contributed by atoms with Gasteiger partial charge in [0.1, 0.15) is 5.75 Å². The van der Waals surface area contributed by atoms with Gasteiger partial charge in [0.15, 0.2) is 6.61 Å². The second kappa shape index (κ2) is 6.43. The van der Waals surface area contributed by atoms with Gasteiger partial charge in [0.05, 0.1) is 6.10 Å². The Morgan fingerprint density at radius 1 is 1.33 bits per heavy atom. The third-order valence-corrected chi connectivity index (χ3v) is 4.36. The minimum Gasteiger partial charge on any atom is -0.483 e. The number of amides is 1. The molecule has 21 heavy (non-hydrogen) atoms.